The Morgan fingerprint density at radius 1 is 1.21 bits per heavy atom. The first-order chi connectivity index (χ1) is 9.42. The zero-order valence-electron chi connectivity index (χ0n) is 10.8. The summed E-state index contributed by atoms with van der Waals surface area (Å²) < 4.78 is 5.52. The molecule has 4 heteroatoms. The number of hydrogen-bond donors (Lipinski definition) is 1. The van der Waals surface area contributed by atoms with Gasteiger partial charge in [-0.15, -0.1) is 0 Å². The van der Waals surface area contributed by atoms with Crippen LogP contribution in [0, 0.1) is 0 Å². The third-order valence-corrected chi connectivity index (χ3v) is 4.32. The molecule has 1 aromatic carbocycles. The van der Waals surface area contributed by atoms with Crippen LogP contribution in [0.1, 0.15) is 53.9 Å². The second kappa shape index (κ2) is 4.46. The first kappa shape index (κ1) is 11.2. The van der Waals surface area contributed by atoms with Crippen LogP contribution in [0.5, 0.6) is 0 Å². The molecule has 2 aromatic rings. The lowest BCUT2D eigenvalue weighted by Crippen LogP contribution is -2.29. The Balaban J connectivity index is 1.67. The van der Waals surface area contributed by atoms with E-state index in [2.05, 4.69) is 39.7 Å². The van der Waals surface area contributed by atoms with E-state index in [9.17, 15) is 0 Å². The number of nitrogens with one attached hydrogen (secondary N) is 1. The van der Waals surface area contributed by atoms with E-state index in [4.69, 9.17) is 4.52 Å². The minimum atomic E-state index is 0.200. The third-order valence-electron chi connectivity index (χ3n) is 4.32. The first-order valence-corrected chi connectivity index (χ1v) is 7.04. The van der Waals surface area contributed by atoms with E-state index < -0.39 is 0 Å². The largest absolute Gasteiger partial charge is 0.339 e. The van der Waals surface area contributed by atoms with Crippen LogP contribution < -0.4 is 5.32 Å². The van der Waals surface area contributed by atoms with Crippen LogP contribution in [0.25, 0.3) is 0 Å². The average molecular weight is 255 g/mol. The fraction of sp³-hybridized carbons (Fsp3) is 0.467. The van der Waals surface area contributed by atoms with Gasteiger partial charge in [0.15, 0.2) is 5.82 Å². The van der Waals surface area contributed by atoms with Gasteiger partial charge >= 0.3 is 0 Å². The molecule has 0 saturated heterocycles. The maximum absolute atomic E-state index is 5.52. The SMILES string of the molecule is c1ccc2c(c1)CNCC2c1nc(C2CCC2)no1. The molecule has 2 heterocycles. The molecule has 1 aromatic heterocycles. The van der Waals surface area contributed by atoms with Crippen LogP contribution in [-0.2, 0) is 6.54 Å². The molecular weight excluding hydrogens is 238 g/mol. The van der Waals surface area contributed by atoms with Crippen molar-refractivity contribution in [1.82, 2.24) is 15.5 Å². The molecule has 4 rings (SSSR count). The molecule has 1 unspecified atom stereocenters. The maximum Gasteiger partial charge on any atom is 0.235 e. The van der Waals surface area contributed by atoms with Gasteiger partial charge in [0.2, 0.25) is 5.89 Å². The van der Waals surface area contributed by atoms with Gasteiger partial charge < -0.3 is 9.84 Å². The van der Waals surface area contributed by atoms with E-state index >= 15 is 0 Å². The normalized spacial score (nSPS) is 22.8. The Hall–Kier alpha value is -1.68. The summed E-state index contributed by atoms with van der Waals surface area (Å²) >= 11 is 0. The maximum atomic E-state index is 5.52. The molecule has 1 atom stereocenters. The second-order valence-electron chi connectivity index (χ2n) is 5.50. The van der Waals surface area contributed by atoms with Crippen molar-refractivity contribution in [2.75, 3.05) is 6.54 Å². The molecule has 0 bridgehead atoms. The van der Waals surface area contributed by atoms with Crippen molar-refractivity contribution in [1.29, 1.82) is 0 Å². The molecule has 0 radical (unpaired) electrons. The summed E-state index contributed by atoms with van der Waals surface area (Å²) in [5, 5.41) is 7.60. The summed E-state index contributed by atoms with van der Waals surface area (Å²) in [6.45, 7) is 1.81. The Labute approximate surface area is 112 Å². The molecule has 2 aliphatic rings. The highest BCUT2D eigenvalue weighted by atomic mass is 16.5. The van der Waals surface area contributed by atoms with Crippen molar-refractivity contribution < 1.29 is 4.52 Å². The monoisotopic (exact) mass is 255 g/mol. The smallest absolute Gasteiger partial charge is 0.235 e. The van der Waals surface area contributed by atoms with Gasteiger partial charge in [0, 0.05) is 19.0 Å². The lowest BCUT2D eigenvalue weighted by atomic mass is 9.85. The lowest BCUT2D eigenvalue weighted by Gasteiger charge is -2.23. The van der Waals surface area contributed by atoms with Gasteiger partial charge in [-0.1, -0.05) is 35.8 Å². The standard InChI is InChI=1S/C15H17N3O/c1-2-7-12-11(4-1)8-16-9-13(12)15-17-14(18-19-15)10-5-3-6-10/h1-2,4,7,10,13,16H,3,5-6,8-9H2. The van der Waals surface area contributed by atoms with Crippen LogP contribution in [0.4, 0.5) is 0 Å². The Morgan fingerprint density at radius 3 is 2.95 bits per heavy atom. The number of hydrogen-bond acceptors (Lipinski definition) is 4. The first-order valence-electron chi connectivity index (χ1n) is 7.04. The summed E-state index contributed by atoms with van der Waals surface area (Å²) in [6.07, 6.45) is 3.71. The van der Waals surface area contributed by atoms with E-state index in [1.165, 1.54) is 30.4 Å². The minimum Gasteiger partial charge on any atom is -0.339 e. The number of benzene rings is 1. The topological polar surface area (TPSA) is 51.0 Å². The van der Waals surface area contributed by atoms with Crippen LogP contribution in [0.2, 0.25) is 0 Å². The highest BCUT2D eigenvalue weighted by Gasteiger charge is 2.29. The summed E-state index contributed by atoms with van der Waals surface area (Å²) in [5.74, 6) is 2.40. The van der Waals surface area contributed by atoms with Gasteiger partial charge in [-0.2, -0.15) is 4.98 Å². The molecular formula is C15H17N3O. The molecule has 19 heavy (non-hydrogen) atoms. The van der Waals surface area contributed by atoms with Crippen LogP contribution in [-0.4, -0.2) is 16.7 Å². The molecule has 0 amide bonds. The zero-order valence-corrected chi connectivity index (χ0v) is 10.8. The highest BCUT2D eigenvalue weighted by Crippen LogP contribution is 2.36. The van der Waals surface area contributed by atoms with Crippen molar-refractivity contribution in [2.45, 2.75) is 37.6 Å². The highest BCUT2D eigenvalue weighted by molar-refractivity contribution is 5.35. The van der Waals surface area contributed by atoms with Crippen molar-refractivity contribution in [3.05, 3.63) is 47.1 Å². The van der Waals surface area contributed by atoms with Crippen molar-refractivity contribution in [2.24, 2.45) is 0 Å². The number of rotatable bonds is 2. The van der Waals surface area contributed by atoms with Crippen LogP contribution >= 0.6 is 0 Å². The van der Waals surface area contributed by atoms with Crippen LogP contribution in [0.15, 0.2) is 28.8 Å². The minimum absolute atomic E-state index is 0.200. The summed E-state index contributed by atoms with van der Waals surface area (Å²) in [6, 6.07) is 8.50. The lowest BCUT2D eigenvalue weighted by molar-refractivity contribution is 0.335. The van der Waals surface area contributed by atoms with Gasteiger partial charge in [0.25, 0.3) is 0 Å². The van der Waals surface area contributed by atoms with Gasteiger partial charge in [0.1, 0.15) is 0 Å². The average Bonchev–Trinajstić information content (AvgIpc) is 2.85. The molecule has 4 nitrogen and oxygen atoms in total. The fourth-order valence-corrected chi connectivity index (χ4v) is 2.94. The summed E-state index contributed by atoms with van der Waals surface area (Å²) in [4.78, 5) is 4.64. The molecule has 1 fully saturated rings. The van der Waals surface area contributed by atoms with E-state index in [1.807, 2.05) is 0 Å². The molecule has 1 saturated carbocycles. The number of aromatic nitrogens is 2. The van der Waals surface area contributed by atoms with E-state index in [0.717, 1.165) is 24.8 Å². The summed E-state index contributed by atoms with van der Waals surface area (Å²) in [7, 11) is 0. The van der Waals surface area contributed by atoms with Crippen LogP contribution in [0.3, 0.4) is 0 Å². The van der Waals surface area contributed by atoms with Crippen molar-refractivity contribution in [3.63, 3.8) is 0 Å². The zero-order chi connectivity index (χ0) is 12.7. The quantitative estimate of drug-likeness (QED) is 0.896. The fourth-order valence-electron chi connectivity index (χ4n) is 2.94. The van der Waals surface area contributed by atoms with Crippen molar-refractivity contribution >= 4 is 0 Å². The number of nitrogens with zero attached hydrogens (tertiary/aromatic N) is 2. The molecule has 1 aliphatic heterocycles. The molecule has 1 N–H and O–H groups in total. The summed E-state index contributed by atoms with van der Waals surface area (Å²) in [5.41, 5.74) is 2.66. The second-order valence-corrected chi connectivity index (χ2v) is 5.50. The van der Waals surface area contributed by atoms with Gasteiger partial charge in [-0.25, -0.2) is 0 Å². The van der Waals surface area contributed by atoms with Gasteiger partial charge in [-0.05, 0) is 24.0 Å². The van der Waals surface area contributed by atoms with E-state index in [0.29, 0.717) is 5.92 Å². The van der Waals surface area contributed by atoms with E-state index in [1.54, 1.807) is 0 Å². The number of fused-ring (bicyclic) bond motifs is 1. The van der Waals surface area contributed by atoms with E-state index in [-0.39, 0.29) is 5.92 Å². The third kappa shape index (κ3) is 1.87. The van der Waals surface area contributed by atoms with Gasteiger partial charge in [0.05, 0.1) is 5.92 Å². The van der Waals surface area contributed by atoms with Gasteiger partial charge in [-0.3, -0.25) is 0 Å². The predicted molar refractivity (Wildman–Crippen MR) is 70.9 cm³/mol. The van der Waals surface area contributed by atoms with Crippen molar-refractivity contribution in [3.8, 4) is 0 Å². The Bertz CT molecular complexity index is 589. The Kier molecular flexibility index (Phi) is 2.62. The molecule has 1 aliphatic carbocycles. The molecule has 98 valence electrons. The predicted octanol–water partition coefficient (Wildman–Crippen LogP) is 2.57. The molecule has 0 spiro atoms. The Morgan fingerprint density at radius 2 is 2.11 bits per heavy atom.